The number of phenolic OH excluding ortho intramolecular Hbond substituents is 1. The highest BCUT2D eigenvalue weighted by Crippen LogP contribution is 2.24. The van der Waals surface area contributed by atoms with Crippen LogP contribution in [0.15, 0.2) is 59.4 Å². The summed E-state index contributed by atoms with van der Waals surface area (Å²) in [5, 5.41) is 14.2. The number of carbonyl (C=O) groups is 2. The number of phenols is 1. The van der Waals surface area contributed by atoms with Gasteiger partial charge in [-0.05, 0) is 56.5 Å². The fraction of sp³-hybridized carbons (Fsp3) is 0.414. The van der Waals surface area contributed by atoms with Crippen LogP contribution in [0.25, 0.3) is 10.9 Å². The van der Waals surface area contributed by atoms with E-state index in [1.165, 1.54) is 11.6 Å². The molecule has 1 heterocycles. The highest BCUT2D eigenvalue weighted by atomic mass is 19.4. The number of pyridine rings is 1. The van der Waals surface area contributed by atoms with Crippen LogP contribution < -0.4 is 10.9 Å². The summed E-state index contributed by atoms with van der Waals surface area (Å²) in [4.78, 5) is 37.5. The van der Waals surface area contributed by atoms with Crippen LogP contribution in [0.5, 0.6) is 5.75 Å². The Labute approximate surface area is 231 Å². The second kappa shape index (κ2) is 16.4. The molecule has 0 fully saturated rings. The minimum atomic E-state index is -4.64. The summed E-state index contributed by atoms with van der Waals surface area (Å²) in [6.45, 7) is 7.13. The van der Waals surface area contributed by atoms with E-state index in [-0.39, 0.29) is 23.3 Å². The molecule has 0 radical (unpaired) electrons. The lowest BCUT2D eigenvalue weighted by atomic mass is 10.0. The number of rotatable bonds is 13. The SMILES string of the molecule is CC(C)N(CCNCCc1ccc(O)c2[nH]c(=O)ccc12)C(=O)CCOCCc1ccccc1.O=CC(F)(F)F. The van der Waals surface area contributed by atoms with Crippen molar-refractivity contribution < 1.29 is 32.6 Å². The van der Waals surface area contributed by atoms with Gasteiger partial charge in [0, 0.05) is 30.6 Å². The zero-order chi connectivity index (χ0) is 29.5. The number of hydrogen-bond donors (Lipinski definition) is 3. The van der Waals surface area contributed by atoms with E-state index in [2.05, 4.69) is 22.4 Å². The maximum atomic E-state index is 12.7. The largest absolute Gasteiger partial charge is 0.506 e. The molecule has 11 heteroatoms. The van der Waals surface area contributed by atoms with Gasteiger partial charge in [0.05, 0.1) is 25.2 Å². The number of aldehydes is 1. The molecule has 0 saturated heterocycles. The van der Waals surface area contributed by atoms with E-state index in [9.17, 15) is 27.9 Å². The van der Waals surface area contributed by atoms with Crippen molar-refractivity contribution in [2.45, 2.75) is 45.3 Å². The maximum absolute atomic E-state index is 12.7. The monoisotopic (exact) mass is 563 g/mol. The van der Waals surface area contributed by atoms with Gasteiger partial charge < -0.3 is 25.0 Å². The molecule has 8 nitrogen and oxygen atoms in total. The molecule has 0 saturated carbocycles. The maximum Gasteiger partial charge on any atom is 0.446 e. The number of carbonyl (C=O) groups excluding carboxylic acids is 2. The van der Waals surface area contributed by atoms with Crippen LogP contribution >= 0.6 is 0 Å². The molecule has 0 atom stereocenters. The zero-order valence-corrected chi connectivity index (χ0v) is 22.7. The van der Waals surface area contributed by atoms with Gasteiger partial charge in [-0.2, -0.15) is 13.2 Å². The van der Waals surface area contributed by atoms with Crippen molar-refractivity contribution >= 4 is 23.1 Å². The first-order valence-electron chi connectivity index (χ1n) is 13.0. The van der Waals surface area contributed by atoms with Gasteiger partial charge in [-0.1, -0.05) is 36.4 Å². The van der Waals surface area contributed by atoms with Crippen molar-refractivity contribution in [2.75, 3.05) is 32.8 Å². The topological polar surface area (TPSA) is 112 Å². The summed E-state index contributed by atoms with van der Waals surface area (Å²) in [5.74, 6) is 0.171. The molecule has 2 aromatic carbocycles. The summed E-state index contributed by atoms with van der Waals surface area (Å²) in [6, 6.07) is 17.0. The fourth-order valence-electron chi connectivity index (χ4n) is 3.97. The zero-order valence-electron chi connectivity index (χ0n) is 22.7. The van der Waals surface area contributed by atoms with Crippen molar-refractivity contribution in [1.29, 1.82) is 0 Å². The number of alkyl halides is 3. The number of nitrogens with one attached hydrogen (secondary N) is 2. The van der Waals surface area contributed by atoms with Crippen molar-refractivity contribution in [3.63, 3.8) is 0 Å². The van der Waals surface area contributed by atoms with Crippen LogP contribution in [0.1, 0.15) is 31.4 Å². The van der Waals surface area contributed by atoms with Gasteiger partial charge in [-0.25, -0.2) is 0 Å². The van der Waals surface area contributed by atoms with Crippen LogP contribution in [0.2, 0.25) is 0 Å². The van der Waals surface area contributed by atoms with E-state index >= 15 is 0 Å². The number of aromatic hydroxyl groups is 1. The standard InChI is InChI=1S/C27H35N3O4.C2HF3O/c1-20(2)30(26(33)14-19-34-18-13-21-6-4-3-5-7-21)17-16-28-15-12-22-8-10-24(31)27-23(22)9-11-25(32)29-27;3-2(4,5)1-6/h3-11,20,28,31H,12-19H2,1-2H3,(H,29,32);1H. The molecule has 1 aromatic heterocycles. The third kappa shape index (κ3) is 11.6. The minimum absolute atomic E-state index is 0.0690. The van der Waals surface area contributed by atoms with Gasteiger partial charge in [-0.15, -0.1) is 0 Å². The quantitative estimate of drug-likeness (QED) is 0.214. The molecular formula is C29H36F3N3O5. The lowest BCUT2D eigenvalue weighted by Gasteiger charge is -2.27. The Balaban J connectivity index is 0.000000840. The van der Waals surface area contributed by atoms with Crippen LogP contribution in [0.4, 0.5) is 13.2 Å². The number of hydrogen-bond acceptors (Lipinski definition) is 6. The van der Waals surface area contributed by atoms with Gasteiger partial charge in [0.2, 0.25) is 17.8 Å². The Morgan fingerprint density at radius 2 is 1.75 bits per heavy atom. The summed E-state index contributed by atoms with van der Waals surface area (Å²) < 4.78 is 36.9. The molecule has 0 unspecified atom stereocenters. The van der Waals surface area contributed by atoms with Crippen molar-refractivity contribution in [1.82, 2.24) is 15.2 Å². The number of nitrogens with zero attached hydrogens (tertiary/aromatic N) is 1. The van der Waals surface area contributed by atoms with Gasteiger partial charge in [0.25, 0.3) is 0 Å². The summed E-state index contributed by atoms with van der Waals surface area (Å²) in [7, 11) is 0. The Morgan fingerprint density at radius 1 is 1.05 bits per heavy atom. The average Bonchev–Trinajstić information content (AvgIpc) is 2.92. The number of ether oxygens (including phenoxy) is 1. The fourth-order valence-corrected chi connectivity index (χ4v) is 3.97. The van der Waals surface area contributed by atoms with E-state index in [1.54, 1.807) is 12.1 Å². The van der Waals surface area contributed by atoms with E-state index in [0.717, 1.165) is 30.3 Å². The van der Waals surface area contributed by atoms with E-state index < -0.39 is 12.5 Å². The average molecular weight is 564 g/mol. The second-order valence-electron chi connectivity index (χ2n) is 9.29. The third-order valence-corrected chi connectivity index (χ3v) is 5.98. The van der Waals surface area contributed by atoms with Crippen LogP contribution in [-0.2, 0) is 27.2 Å². The van der Waals surface area contributed by atoms with Gasteiger partial charge in [-0.3, -0.25) is 14.4 Å². The Bertz CT molecular complexity index is 1260. The van der Waals surface area contributed by atoms with Crippen LogP contribution in [0, 0.1) is 0 Å². The Kier molecular flexibility index (Phi) is 13.3. The van der Waals surface area contributed by atoms with Crippen molar-refractivity contribution in [3.8, 4) is 5.75 Å². The van der Waals surface area contributed by atoms with Crippen LogP contribution in [-0.4, -0.2) is 72.2 Å². The Morgan fingerprint density at radius 3 is 2.40 bits per heavy atom. The first kappa shape index (κ1) is 32.5. The number of benzene rings is 2. The molecule has 0 aliphatic rings. The number of aromatic nitrogens is 1. The predicted octanol–water partition coefficient (Wildman–Crippen LogP) is 4.00. The summed E-state index contributed by atoms with van der Waals surface area (Å²) >= 11 is 0. The van der Waals surface area contributed by atoms with Crippen molar-refractivity contribution in [2.24, 2.45) is 0 Å². The summed E-state index contributed by atoms with van der Waals surface area (Å²) in [6.07, 6.45) is -3.73. The first-order valence-corrected chi connectivity index (χ1v) is 13.0. The molecular weight excluding hydrogens is 527 g/mol. The van der Waals surface area contributed by atoms with Gasteiger partial charge in [0.1, 0.15) is 5.75 Å². The number of halogens is 3. The number of H-pyrrole nitrogens is 1. The molecule has 0 aliphatic heterocycles. The van der Waals surface area contributed by atoms with Crippen molar-refractivity contribution in [3.05, 3.63) is 76.1 Å². The highest BCUT2D eigenvalue weighted by molar-refractivity contribution is 5.87. The predicted molar refractivity (Wildman–Crippen MR) is 147 cm³/mol. The minimum Gasteiger partial charge on any atom is -0.506 e. The highest BCUT2D eigenvalue weighted by Gasteiger charge is 2.25. The number of aromatic amines is 1. The molecule has 40 heavy (non-hydrogen) atoms. The number of fused-ring (bicyclic) bond motifs is 1. The second-order valence-corrected chi connectivity index (χ2v) is 9.29. The number of amides is 1. The van der Waals surface area contributed by atoms with E-state index in [4.69, 9.17) is 9.53 Å². The third-order valence-electron chi connectivity index (χ3n) is 5.98. The molecule has 0 bridgehead atoms. The van der Waals surface area contributed by atoms with E-state index in [1.807, 2.05) is 43.0 Å². The lowest BCUT2D eigenvalue weighted by molar-refractivity contribution is -0.156. The molecule has 218 valence electrons. The lowest BCUT2D eigenvalue weighted by Crippen LogP contribution is -2.42. The van der Waals surface area contributed by atoms with Gasteiger partial charge in [0.15, 0.2) is 0 Å². The van der Waals surface area contributed by atoms with Crippen LogP contribution in [0.3, 0.4) is 0 Å². The Hall–Kier alpha value is -3.70. The molecule has 0 spiro atoms. The molecule has 3 N–H and O–H groups in total. The van der Waals surface area contributed by atoms with E-state index in [0.29, 0.717) is 38.2 Å². The summed E-state index contributed by atoms with van der Waals surface area (Å²) in [5.41, 5.74) is 2.50. The molecule has 1 amide bonds. The molecule has 3 rings (SSSR count). The molecule has 3 aromatic rings. The first-order chi connectivity index (χ1) is 19.0. The van der Waals surface area contributed by atoms with Gasteiger partial charge >= 0.3 is 6.18 Å². The molecule has 0 aliphatic carbocycles. The normalized spacial score (nSPS) is 11.2. The smallest absolute Gasteiger partial charge is 0.446 e.